The summed E-state index contributed by atoms with van der Waals surface area (Å²) < 4.78 is 4.41. The lowest BCUT2D eigenvalue weighted by Gasteiger charge is -2.08. The highest BCUT2D eigenvalue weighted by molar-refractivity contribution is 9.10. The molecule has 0 aliphatic rings. The Balaban J connectivity index is 0.00000272. The van der Waals surface area contributed by atoms with Gasteiger partial charge < -0.3 is 24.0 Å². The molecule has 3 aromatic carbocycles. The van der Waals surface area contributed by atoms with Crippen LogP contribution in [0.5, 0.6) is 0 Å². The predicted octanol–water partition coefficient (Wildman–Crippen LogP) is 4.85. The van der Waals surface area contributed by atoms with Crippen LogP contribution in [0.3, 0.4) is 0 Å². The number of hydrogen-bond acceptors (Lipinski definition) is 0. The number of benzene rings is 3. The second-order valence-corrected chi connectivity index (χ2v) is 9.20. The third-order valence-electron chi connectivity index (χ3n) is 5.19. The van der Waals surface area contributed by atoms with E-state index in [-0.39, 0.29) is 24.0 Å². The third kappa shape index (κ3) is 5.93. The summed E-state index contributed by atoms with van der Waals surface area (Å²) in [5.74, 6) is 0. The van der Waals surface area contributed by atoms with E-state index in [9.17, 15) is 0 Å². The minimum Gasteiger partial charge on any atom is -1.00 e. The van der Waals surface area contributed by atoms with Crippen LogP contribution < -0.4 is 28.5 Å². The topological polar surface area (TPSA) is 3.88 Å². The third-order valence-corrected chi connectivity index (χ3v) is 6.24. The van der Waals surface area contributed by atoms with Crippen LogP contribution in [0.25, 0.3) is 34.5 Å². The summed E-state index contributed by atoms with van der Waals surface area (Å²) >= 11 is 7.08. The molecule has 0 unspecified atom stereocenters. The van der Waals surface area contributed by atoms with E-state index in [0.717, 1.165) is 14.6 Å². The highest BCUT2D eigenvalue weighted by Gasteiger charge is 2.16. The summed E-state index contributed by atoms with van der Waals surface area (Å²) in [6.45, 7) is 2.11. The van der Waals surface area contributed by atoms with Gasteiger partial charge in [-0.15, -0.1) is 0 Å². The number of pyridine rings is 1. The summed E-state index contributed by atoms with van der Waals surface area (Å²) in [6, 6.07) is 30.1. The molecular weight excluding hydrogens is 625 g/mol. The smallest absolute Gasteiger partial charge is 0.213 e. The molecule has 0 radical (unpaired) electrons. The lowest BCUT2D eigenvalue weighted by Crippen LogP contribution is -3.00. The Morgan fingerprint density at radius 3 is 1.77 bits per heavy atom. The Morgan fingerprint density at radius 2 is 1.19 bits per heavy atom. The van der Waals surface area contributed by atoms with E-state index in [2.05, 4.69) is 147 Å². The first-order chi connectivity index (χ1) is 14.5. The highest BCUT2D eigenvalue weighted by atomic mass is 127. The normalized spacial score (nSPS) is 10.8. The Kier molecular flexibility index (Phi) is 8.25. The Labute approximate surface area is 218 Å². The van der Waals surface area contributed by atoms with Gasteiger partial charge in [-0.3, -0.25) is 0 Å². The van der Waals surface area contributed by atoms with Gasteiger partial charge in [0.1, 0.15) is 7.05 Å². The molecular formula is C27H22Br2IN. The second-order valence-electron chi connectivity index (χ2n) is 7.37. The molecule has 0 spiro atoms. The summed E-state index contributed by atoms with van der Waals surface area (Å²) in [5, 5.41) is 0. The van der Waals surface area contributed by atoms with Crippen molar-refractivity contribution in [2.45, 2.75) is 6.92 Å². The van der Waals surface area contributed by atoms with Gasteiger partial charge in [-0.2, -0.15) is 4.57 Å². The largest absolute Gasteiger partial charge is 1.00 e. The molecule has 0 aliphatic carbocycles. The van der Waals surface area contributed by atoms with Crippen molar-refractivity contribution in [3.05, 3.63) is 111 Å². The fraction of sp³-hybridized carbons (Fsp3) is 0.0741. The number of rotatable bonds is 4. The van der Waals surface area contributed by atoms with Crippen molar-refractivity contribution in [1.29, 1.82) is 0 Å². The average Bonchev–Trinajstić information content (AvgIpc) is 2.75. The van der Waals surface area contributed by atoms with Gasteiger partial charge in [0.2, 0.25) is 11.4 Å². The molecule has 0 aliphatic heterocycles. The Bertz CT molecular complexity index is 1200. The molecule has 0 fully saturated rings. The van der Waals surface area contributed by atoms with E-state index in [1.54, 1.807) is 0 Å². The van der Waals surface area contributed by atoms with E-state index in [4.69, 9.17) is 0 Å². The molecule has 1 nitrogen and oxygen atoms in total. The van der Waals surface area contributed by atoms with Gasteiger partial charge >= 0.3 is 0 Å². The molecule has 4 aromatic rings. The quantitative estimate of drug-likeness (QED) is 0.221. The van der Waals surface area contributed by atoms with Crippen LogP contribution in [-0.4, -0.2) is 0 Å². The SMILES string of the molecule is Cc1ccc(/C=C/c2cc(-c3ccc(Br)cc3)cc(-c3ccc(Br)cc3)[n+]2C)cc1.[I-]. The van der Waals surface area contributed by atoms with Crippen molar-refractivity contribution in [2.75, 3.05) is 0 Å². The molecule has 31 heavy (non-hydrogen) atoms. The fourth-order valence-electron chi connectivity index (χ4n) is 3.41. The Morgan fingerprint density at radius 1 is 0.645 bits per heavy atom. The first kappa shape index (κ1) is 23.9. The van der Waals surface area contributed by atoms with Gasteiger partial charge in [0.15, 0.2) is 0 Å². The van der Waals surface area contributed by atoms with Crippen LogP contribution in [0, 0.1) is 6.92 Å². The zero-order valence-corrected chi connectivity index (χ0v) is 22.6. The van der Waals surface area contributed by atoms with Crippen LogP contribution in [0.15, 0.2) is 93.9 Å². The first-order valence-electron chi connectivity index (χ1n) is 9.80. The van der Waals surface area contributed by atoms with E-state index < -0.39 is 0 Å². The maximum atomic E-state index is 3.54. The molecule has 0 N–H and O–H groups in total. The molecule has 4 heteroatoms. The molecule has 1 aromatic heterocycles. The first-order valence-corrected chi connectivity index (χ1v) is 11.4. The molecule has 0 amide bonds. The summed E-state index contributed by atoms with van der Waals surface area (Å²) in [7, 11) is 2.12. The molecule has 156 valence electrons. The molecule has 0 bridgehead atoms. The van der Waals surface area contributed by atoms with Crippen LogP contribution >= 0.6 is 31.9 Å². The molecule has 4 rings (SSSR count). The number of aromatic nitrogens is 1. The van der Waals surface area contributed by atoms with Crippen molar-refractivity contribution in [3.8, 4) is 22.4 Å². The van der Waals surface area contributed by atoms with E-state index >= 15 is 0 Å². The zero-order valence-electron chi connectivity index (χ0n) is 17.3. The molecule has 0 saturated heterocycles. The zero-order chi connectivity index (χ0) is 21.1. The van der Waals surface area contributed by atoms with Gasteiger partial charge in [-0.1, -0.05) is 73.8 Å². The lowest BCUT2D eigenvalue weighted by molar-refractivity contribution is -0.662. The second kappa shape index (κ2) is 10.7. The van der Waals surface area contributed by atoms with Gasteiger partial charge in [-0.25, -0.2) is 0 Å². The van der Waals surface area contributed by atoms with E-state index in [1.165, 1.54) is 33.5 Å². The van der Waals surface area contributed by atoms with Crippen molar-refractivity contribution in [1.82, 2.24) is 0 Å². The van der Waals surface area contributed by atoms with Gasteiger partial charge in [0, 0.05) is 32.7 Å². The van der Waals surface area contributed by atoms with Crippen molar-refractivity contribution in [3.63, 3.8) is 0 Å². The van der Waals surface area contributed by atoms with Gasteiger partial charge in [-0.05, 0) is 66.1 Å². The van der Waals surface area contributed by atoms with Crippen LogP contribution in [-0.2, 0) is 7.05 Å². The number of hydrogen-bond donors (Lipinski definition) is 0. The minimum absolute atomic E-state index is 0. The van der Waals surface area contributed by atoms with E-state index in [0.29, 0.717) is 0 Å². The van der Waals surface area contributed by atoms with Crippen LogP contribution in [0.1, 0.15) is 16.8 Å². The monoisotopic (exact) mass is 645 g/mol. The minimum atomic E-state index is 0. The molecule has 0 atom stereocenters. The van der Waals surface area contributed by atoms with Crippen molar-refractivity contribution < 1.29 is 28.5 Å². The van der Waals surface area contributed by atoms with E-state index in [1.807, 2.05) is 0 Å². The number of aryl methyl sites for hydroxylation is 1. The van der Waals surface area contributed by atoms with Crippen LogP contribution in [0.4, 0.5) is 0 Å². The maximum absolute atomic E-state index is 3.54. The summed E-state index contributed by atoms with van der Waals surface area (Å²) in [5.41, 5.74) is 8.36. The standard InChI is InChI=1S/C27H22Br2N.HI/c1-19-3-5-20(6-4-19)7-16-26-17-23(21-8-12-24(28)13-9-21)18-27(30(26)2)22-10-14-25(29)15-11-22;/h3-18H,1-2H3;1H/q+1;/p-1/b16-7+;. The van der Waals surface area contributed by atoms with Crippen molar-refractivity contribution >= 4 is 44.0 Å². The predicted molar refractivity (Wildman–Crippen MR) is 134 cm³/mol. The highest BCUT2D eigenvalue weighted by Crippen LogP contribution is 2.27. The fourth-order valence-corrected chi connectivity index (χ4v) is 3.94. The van der Waals surface area contributed by atoms with Crippen molar-refractivity contribution in [2.24, 2.45) is 7.05 Å². The molecule has 1 heterocycles. The maximum Gasteiger partial charge on any atom is 0.213 e. The Hall–Kier alpha value is -1.76. The lowest BCUT2D eigenvalue weighted by atomic mass is 10.0. The number of nitrogens with zero attached hydrogens (tertiary/aromatic N) is 1. The number of halogens is 3. The summed E-state index contributed by atoms with van der Waals surface area (Å²) in [4.78, 5) is 0. The van der Waals surface area contributed by atoms with Gasteiger partial charge in [0.05, 0.1) is 0 Å². The molecule has 0 saturated carbocycles. The van der Waals surface area contributed by atoms with Gasteiger partial charge in [0.25, 0.3) is 0 Å². The van der Waals surface area contributed by atoms with Crippen LogP contribution in [0.2, 0.25) is 0 Å². The summed E-state index contributed by atoms with van der Waals surface area (Å²) in [6.07, 6.45) is 4.36. The average molecular weight is 647 g/mol.